The molecule has 2 atom stereocenters. The van der Waals surface area contributed by atoms with Crippen LogP contribution in [0.5, 0.6) is 0 Å². The Balaban J connectivity index is 1.40. The lowest BCUT2D eigenvalue weighted by Crippen LogP contribution is -2.33. The van der Waals surface area contributed by atoms with Crippen LogP contribution in [0.25, 0.3) is 0 Å². The van der Waals surface area contributed by atoms with E-state index < -0.39 is 0 Å². The number of carbonyl (C=O) groups excluding carboxylic acids is 1. The highest BCUT2D eigenvalue weighted by Crippen LogP contribution is 2.46. The summed E-state index contributed by atoms with van der Waals surface area (Å²) in [7, 11) is 0. The van der Waals surface area contributed by atoms with Crippen molar-refractivity contribution in [3.05, 3.63) is 41.5 Å². The fourth-order valence-electron chi connectivity index (χ4n) is 3.04. The van der Waals surface area contributed by atoms with Gasteiger partial charge in [-0.05, 0) is 57.2 Å². The summed E-state index contributed by atoms with van der Waals surface area (Å²) in [6.45, 7) is 3.79. The van der Waals surface area contributed by atoms with E-state index in [1.807, 2.05) is 13.8 Å². The number of nitrogens with zero attached hydrogens (tertiary/aromatic N) is 3. The molecule has 0 aliphatic heterocycles. The number of hydrogen-bond donors (Lipinski definition) is 1. The molecule has 2 aliphatic carbocycles. The van der Waals surface area contributed by atoms with E-state index in [1.165, 1.54) is 49.6 Å². The zero-order valence-electron chi connectivity index (χ0n) is 15.0. The molecule has 1 aromatic carbocycles. The number of nitrogens with one attached hydrogen (secondary N) is 1. The summed E-state index contributed by atoms with van der Waals surface area (Å²) >= 11 is 1.47. The number of hydrogen-bond acceptors (Lipinski definition) is 4. The largest absolute Gasteiger partial charge is 0.349 e. The smallest absolute Gasteiger partial charge is 0.233 e. The Morgan fingerprint density at radius 3 is 2.50 bits per heavy atom. The number of thioether (sulfide) groups is 1. The molecular formula is C19H23FN4OS. The van der Waals surface area contributed by atoms with Crippen molar-refractivity contribution in [1.29, 1.82) is 0 Å². The van der Waals surface area contributed by atoms with Crippen LogP contribution in [-0.2, 0) is 4.79 Å². The number of amides is 1. The van der Waals surface area contributed by atoms with Crippen molar-refractivity contribution in [2.45, 2.75) is 67.9 Å². The SMILES string of the molecule is C[C@H](Sc1nnc(C2CC2)n1C1CC1)C(=O)N[C@@H](C)c1ccc(F)cc1. The molecule has 1 N–H and O–H groups in total. The van der Waals surface area contributed by atoms with Gasteiger partial charge in [0.25, 0.3) is 0 Å². The lowest BCUT2D eigenvalue weighted by atomic mass is 10.1. The zero-order chi connectivity index (χ0) is 18.3. The number of rotatable bonds is 7. The topological polar surface area (TPSA) is 59.8 Å². The number of carbonyl (C=O) groups is 1. The van der Waals surface area contributed by atoms with E-state index >= 15 is 0 Å². The van der Waals surface area contributed by atoms with Gasteiger partial charge >= 0.3 is 0 Å². The summed E-state index contributed by atoms with van der Waals surface area (Å²) in [6.07, 6.45) is 4.74. The van der Waals surface area contributed by atoms with Crippen LogP contribution in [0.1, 0.15) is 68.9 Å². The van der Waals surface area contributed by atoms with Crippen LogP contribution in [-0.4, -0.2) is 25.9 Å². The predicted molar refractivity (Wildman–Crippen MR) is 98.5 cm³/mol. The van der Waals surface area contributed by atoms with E-state index in [0.717, 1.165) is 16.5 Å². The normalized spacial score (nSPS) is 19.2. The molecule has 4 rings (SSSR count). The monoisotopic (exact) mass is 374 g/mol. The summed E-state index contributed by atoms with van der Waals surface area (Å²) in [6, 6.07) is 6.56. The van der Waals surface area contributed by atoms with Crippen LogP contribution in [0.3, 0.4) is 0 Å². The van der Waals surface area contributed by atoms with Gasteiger partial charge in [-0.25, -0.2) is 4.39 Å². The second-order valence-electron chi connectivity index (χ2n) is 7.26. The molecule has 138 valence electrons. The van der Waals surface area contributed by atoms with Gasteiger partial charge in [0, 0.05) is 12.0 Å². The lowest BCUT2D eigenvalue weighted by molar-refractivity contribution is -0.120. The maximum absolute atomic E-state index is 13.0. The molecule has 7 heteroatoms. The highest BCUT2D eigenvalue weighted by atomic mass is 32.2. The Morgan fingerprint density at radius 2 is 1.88 bits per heavy atom. The fourth-order valence-corrected chi connectivity index (χ4v) is 3.98. The minimum Gasteiger partial charge on any atom is -0.349 e. The molecule has 0 radical (unpaired) electrons. The minimum absolute atomic E-state index is 0.0508. The van der Waals surface area contributed by atoms with E-state index in [0.29, 0.717) is 12.0 Å². The first-order chi connectivity index (χ1) is 12.5. The Morgan fingerprint density at radius 1 is 1.19 bits per heavy atom. The molecule has 0 bridgehead atoms. The second-order valence-corrected chi connectivity index (χ2v) is 8.57. The van der Waals surface area contributed by atoms with Gasteiger partial charge in [0.05, 0.1) is 11.3 Å². The Labute approximate surface area is 156 Å². The van der Waals surface area contributed by atoms with E-state index in [2.05, 4.69) is 20.1 Å². The van der Waals surface area contributed by atoms with E-state index in [1.54, 1.807) is 12.1 Å². The van der Waals surface area contributed by atoms with Gasteiger partial charge in [0.2, 0.25) is 5.91 Å². The molecule has 0 spiro atoms. The fraction of sp³-hybridized carbons (Fsp3) is 0.526. The molecule has 2 aromatic rings. The standard InChI is InChI=1S/C19H23FN4OS/c1-11(13-5-7-15(20)8-6-13)21-18(25)12(2)26-19-23-22-17(14-3-4-14)24(19)16-9-10-16/h5-8,11-12,14,16H,3-4,9-10H2,1-2H3,(H,21,25)/t11-,12-/m0/s1. The number of benzene rings is 1. The van der Waals surface area contributed by atoms with E-state index in [9.17, 15) is 9.18 Å². The second kappa shape index (κ2) is 7.02. The van der Waals surface area contributed by atoms with Gasteiger partial charge < -0.3 is 9.88 Å². The Hall–Kier alpha value is -1.89. The van der Waals surface area contributed by atoms with Crippen molar-refractivity contribution >= 4 is 17.7 Å². The first kappa shape index (κ1) is 17.5. The maximum atomic E-state index is 13.0. The van der Waals surface area contributed by atoms with Crippen LogP contribution in [0, 0.1) is 5.82 Å². The lowest BCUT2D eigenvalue weighted by Gasteiger charge is -2.18. The minimum atomic E-state index is -0.276. The quantitative estimate of drug-likeness (QED) is 0.745. The van der Waals surface area contributed by atoms with Crippen molar-refractivity contribution in [1.82, 2.24) is 20.1 Å². The van der Waals surface area contributed by atoms with Gasteiger partial charge in [-0.15, -0.1) is 10.2 Å². The third-order valence-electron chi connectivity index (χ3n) is 4.93. The molecular weight excluding hydrogens is 351 g/mol. The van der Waals surface area contributed by atoms with E-state index in [-0.39, 0.29) is 23.0 Å². The van der Waals surface area contributed by atoms with Gasteiger partial charge in [0.15, 0.2) is 5.16 Å². The van der Waals surface area contributed by atoms with Crippen molar-refractivity contribution in [3.63, 3.8) is 0 Å². The van der Waals surface area contributed by atoms with Crippen LogP contribution in [0.2, 0.25) is 0 Å². The van der Waals surface area contributed by atoms with E-state index in [4.69, 9.17) is 0 Å². The van der Waals surface area contributed by atoms with Crippen molar-refractivity contribution in [2.75, 3.05) is 0 Å². The summed E-state index contributed by atoms with van der Waals surface area (Å²) in [5.74, 6) is 1.33. The molecule has 26 heavy (non-hydrogen) atoms. The van der Waals surface area contributed by atoms with Crippen molar-refractivity contribution in [3.8, 4) is 0 Å². The number of halogens is 1. The third-order valence-corrected chi connectivity index (χ3v) is 5.98. The van der Waals surface area contributed by atoms with Crippen molar-refractivity contribution in [2.24, 2.45) is 0 Å². The molecule has 1 amide bonds. The summed E-state index contributed by atoms with van der Waals surface area (Å²) in [4.78, 5) is 12.6. The zero-order valence-corrected chi connectivity index (χ0v) is 15.8. The highest BCUT2D eigenvalue weighted by Gasteiger charge is 2.37. The highest BCUT2D eigenvalue weighted by molar-refractivity contribution is 8.00. The van der Waals surface area contributed by atoms with Gasteiger partial charge in [-0.3, -0.25) is 4.79 Å². The average molecular weight is 374 g/mol. The predicted octanol–water partition coefficient (Wildman–Crippen LogP) is 3.99. The first-order valence-electron chi connectivity index (χ1n) is 9.20. The molecule has 1 aromatic heterocycles. The van der Waals surface area contributed by atoms with Crippen LogP contribution in [0.4, 0.5) is 4.39 Å². The molecule has 1 heterocycles. The summed E-state index contributed by atoms with van der Waals surface area (Å²) in [5, 5.41) is 12.3. The molecule has 2 fully saturated rings. The summed E-state index contributed by atoms with van der Waals surface area (Å²) in [5.41, 5.74) is 0.883. The van der Waals surface area contributed by atoms with Crippen molar-refractivity contribution < 1.29 is 9.18 Å². The Kier molecular flexibility index (Phi) is 4.73. The maximum Gasteiger partial charge on any atom is 0.233 e. The van der Waals surface area contributed by atoms with Gasteiger partial charge in [0.1, 0.15) is 11.6 Å². The van der Waals surface area contributed by atoms with Crippen LogP contribution >= 0.6 is 11.8 Å². The molecule has 2 aliphatic rings. The number of aromatic nitrogens is 3. The molecule has 0 unspecified atom stereocenters. The van der Waals surface area contributed by atoms with Gasteiger partial charge in [-0.2, -0.15) is 0 Å². The first-order valence-corrected chi connectivity index (χ1v) is 10.1. The molecule has 0 saturated heterocycles. The van der Waals surface area contributed by atoms with Crippen LogP contribution < -0.4 is 5.32 Å². The third kappa shape index (κ3) is 3.77. The average Bonchev–Trinajstić information content (AvgIpc) is 3.54. The molecule has 5 nitrogen and oxygen atoms in total. The summed E-state index contributed by atoms with van der Waals surface area (Å²) < 4.78 is 15.3. The van der Waals surface area contributed by atoms with Crippen LogP contribution in [0.15, 0.2) is 29.4 Å². The van der Waals surface area contributed by atoms with Gasteiger partial charge in [-0.1, -0.05) is 23.9 Å². The molecule has 2 saturated carbocycles. The Bertz CT molecular complexity index is 798.